The third kappa shape index (κ3) is 14.1. The molecule has 0 aliphatic heterocycles. The molecule has 0 heterocycles. The monoisotopic (exact) mass is 552 g/mol. The minimum atomic E-state index is -1.48. The van der Waals surface area contributed by atoms with E-state index < -0.39 is 6.16 Å². The highest BCUT2D eigenvalue weighted by molar-refractivity contribution is 5.73. The zero-order chi connectivity index (χ0) is 28.7. The average molecular weight is 553 g/mol. The second-order valence-corrected chi connectivity index (χ2v) is 10.4. The summed E-state index contributed by atoms with van der Waals surface area (Å²) >= 11 is 0. The lowest BCUT2D eigenvalue weighted by atomic mass is 10.0. The number of rotatable bonds is 25. The predicted octanol–water partition coefficient (Wildman–Crippen LogP) is 9.84. The average Bonchev–Trinajstić information content (AvgIpc) is 2.92. The fraction of sp³-hybridized carbons (Fsp3) is 0.781. The molecule has 1 rings (SSSR count). The maximum atomic E-state index is 11.6. The van der Waals surface area contributed by atoms with E-state index in [0.717, 1.165) is 77.0 Å². The van der Waals surface area contributed by atoms with Crippen molar-refractivity contribution in [2.24, 2.45) is 0 Å². The molecule has 0 aliphatic rings. The number of carboxylic acid groups (broad SMARTS) is 1. The molecule has 1 aromatic carbocycles. The maximum Gasteiger partial charge on any atom is 0.511 e. The largest absolute Gasteiger partial charge is 0.511 e. The number of hydrogen-bond acceptors (Lipinski definition) is 6. The van der Waals surface area contributed by atoms with Gasteiger partial charge >= 0.3 is 6.16 Å². The Morgan fingerprint density at radius 3 is 1.38 bits per heavy atom. The molecule has 0 bridgehead atoms. The SMILES string of the molecule is CCCCCCCOc1c(O)c(OC(=O)O)c(CCCC)c(OCCCCCCC)c1OCCCCCCC. The van der Waals surface area contributed by atoms with E-state index in [0.29, 0.717) is 43.3 Å². The van der Waals surface area contributed by atoms with Crippen LogP contribution in [0, 0.1) is 0 Å². The normalized spacial score (nSPS) is 11.0. The van der Waals surface area contributed by atoms with Crippen LogP contribution < -0.4 is 18.9 Å². The molecule has 0 saturated heterocycles. The molecule has 0 atom stereocenters. The molecule has 1 aromatic rings. The first-order valence-corrected chi connectivity index (χ1v) is 15.7. The number of phenolic OH excluding ortho intramolecular Hbond substituents is 1. The number of aromatic hydroxyl groups is 1. The lowest BCUT2D eigenvalue weighted by Gasteiger charge is -2.23. The zero-order valence-electron chi connectivity index (χ0n) is 25.3. The smallest absolute Gasteiger partial charge is 0.502 e. The highest BCUT2D eigenvalue weighted by Crippen LogP contribution is 2.54. The van der Waals surface area contributed by atoms with Gasteiger partial charge in [0, 0.05) is 5.56 Å². The fourth-order valence-corrected chi connectivity index (χ4v) is 4.53. The van der Waals surface area contributed by atoms with E-state index in [1.54, 1.807) is 0 Å². The Morgan fingerprint density at radius 1 is 0.538 bits per heavy atom. The van der Waals surface area contributed by atoms with Crippen LogP contribution in [0.2, 0.25) is 0 Å². The Balaban J connectivity index is 3.35. The third-order valence-corrected chi connectivity index (χ3v) is 6.84. The third-order valence-electron chi connectivity index (χ3n) is 6.84. The first kappa shape index (κ1) is 34.7. The van der Waals surface area contributed by atoms with Crippen molar-refractivity contribution in [1.29, 1.82) is 0 Å². The molecule has 0 radical (unpaired) electrons. The summed E-state index contributed by atoms with van der Waals surface area (Å²) in [6, 6.07) is 0. The van der Waals surface area contributed by atoms with Gasteiger partial charge in [-0.3, -0.25) is 0 Å². The van der Waals surface area contributed by atoms with Crippen LogP contribution in [-0.4, -0.2) is 36.2 Å². The van der Waals surface area contributed by atoms with E-state index in [1.165, 1.54) is 32.1 Å². The van der Waals surface area contributed by atoms with Crippen molar-refractivity contribution in [3.05, 3.63) is 5.56 Å². The number of phenols is 1. The summed E-state index contributed by atoms with van der Waals surface area (Å²) < 4.78 is 23.9. The van der Waals surface area contributed by atoms with Crippen LogP contribution in [0.5, 0.6) is 28.7 Å². The Bertz CT molecular complexity index is 779. The van der Waals surface area contributed by atoms with E-state index in [2.05, 4.69) is 27.7 Å². The number of hydrogen-bond donors (Lipinski definition) is 2. The van der Waals surface area contributed by atoms with Crippen molar-refractivity contribution in [3.63, 3.8) is 0 Å². The standard InChI is InChI=1S/C32H56O7/c1-5-9-13-16-19-23-36-29-26(22-12-8-4)28(39-32(34)35)27(33)30(37-24-20-17-14-10-6-2)31(29)38-25-21-18-15-11-7-3/h33H,5-25H2,1-4H3,(H,34,35). The summed E-state index contributed by atoms with van der Waals surface area (Å²) in [5.74, 6) is 0.509. The van der Waals surface area contributed by atoms with Gasteiger partial charge in [-0.2, -0.15) is 0 Å². The van der Waals surface area contributed by atoms with E-state index in [-0.39, 0.29) is 17.2 Å². The van der Waals surface area contributed by atoms with Gasteiger partial charge in [0.25, 0.3) is 0 Å². The van der Waals surface area contributed by atoms with Crippen LogP contribution in [0.25, 0.3) is 0 Å². The van der Waals surface area contributed by atoms with Gasteiger partial charge in [-0.25, -0.2) is 4.79 Å². The second-order valence-electron chi connectivity index (χ2n) is 10.4. The van der Waals surface area contributed by atoms with Crippen molar-refractivity contribution in [3.8, 4) is 28.7 Å². The summed E-state index contributed by atoms with van der Waals surface area (Å²) in [5.41, 5.74) is 0.529. The molecule has 0 amide bonds. The zero-order valence-corrected chi connectivity index (χ0v) is 25.3. The molecule has 0 fully saturated rings. The van der Waals surface area contributed by atoms with Crippen molar-refractivity contribution < 1.29 is 34.0 Å². The lowest BCUT2D eigenvalue weighted by Crippen LogP contribution is -2.12. The van der Waals surface area contributed by atoms with E-state index in [9.17, 15) is 15.0 Å². The molecule has 7 nitrogen and oxygen atoms in total. The number of ether oxygens (including phenoxy) is 4. The van der Waals surface area contributed by atoms with Crippen LogP contribution in [-0.2, 0) is 6.42 Å². The van der Waals surface area contributed by atoms with Gasteiger partial charge in [0.15, 0.2) is 11.5 Å². The van der Waals surface area contributed by atoms with Crippen LogP contribution in [0.3, 0.4) is 0 Å². The molecule has 2 N–H and O–H groups in total. The van der Waals surface area contributed by atoms with Crippen molar-refractivity contribution in [2.75, 3.05) is 19.8 Å². The Morgan fingerprint density at radius 2 is 0.949 bits per heavy atom. The Labute approximate surface area is 237 Å². The highest BCUT2D eigenvalue weighted by Gasteiger charge is 2.30. The minimum Gasteiger partial charge on any atom is -0.502 e. The number of carbonyl (C=O) groups is 1. The Kier molecular flexibility index (Phi) is 20.0. The Hall–Kier alpha value is -2.31. The number of benzene rings is 1. The number of unbranched alkanes of at least 4 members (excludes halogenated alkanes) is 13. The molecule has 0 saturated carbocycles. The topological polar surface area (TPSA) is 94.5 Å². The van der Waals surface area contributed by atoms with Gasteiger partial charge in [-0.15, -0.1) is 0 Å². The second kappa shape index (κ2) is 22.5. The molecule has 0 aromatic heterocycles. The van der Waals surface area contributed by atoms with Crippen LogP contribution in [0.15, 0.2) is 0 Å². The quantitative estimate of drug-likeness (QED) is 0.0708. The maximum absolute atomic E-state index is 11.6. The molecule has 7 heteroatoms. The predicted molar refractivity (Wildman–Crippen MR) is 158 cm³/mol. The first-order valence-electron chi connectivity index (χ1n) is 15.7. The lowest BCUT2D eigenvalue weighted by molar-refractivity contribution is 0.141. The molecule has 0 spiro atoms. The van der Waals surface area contributed by atoms with Crippen LogP contribution in [0.4, 0.5) is 4.79 Å². The van der Waals surface area contributed by atoms with Gasteiger partial charge in [0.2, 0.25) is 17.2 Å². The van der Waals surface area contributed by atoms with Gasteiger partial charge in [-0.05, 0) is 32.1 Å². The molecule has 39 heavy (non-hydrogen) atoms. The van der Waals surface area contributed by atoms with E-state index >= 15 is 0 Å². The minimum absolute atomic E-state index is 0.104. The van der Waals surface area contributed by atoms with Crippen molar-refractivity contribution in [1.82, 2.24) is 0 Å². The van der Waals surface area contributed by atoms with Gasteiger partial charge in [-0.1, -0.05) is 111 Å². The first-order chi connectivity index (χ1) is 19.0. The molecule has 0 unspecified atom stereocenters. The highest BCUT2D eigenvalue weighted by atomic mass is 16.7. The van der Waals surface area contributed by atoms with E-state index in [1.807, 2.05) is 0 Å². The van der Waals surface area contributed by atoms with Crippen LogP contribution >= 0.6 is 0 Å². The summed E-state index contributed by atoms with van der Waals surface area (Å²) in [4.78, 5) is 11.6. The van der Waals surface area contributed by atoms with Crippen molar-refractivity contribution >= 4 is 6.16 Å². The summed E-state index contributed by atoms with van der Waals surface area (Å²) in [5, 5.41) is 20.7. The van der Waals surface area contributed by atoms with Gasteiger partial charge in [0.05, 0.1) is 19.8 Å². The molecule has 0 aliphatic carbocycles. The summed E-state index contributed by atoms with van der Waals surface area (Å²) in [6.07, 6.45) is 16.9. The summed E-state index contributed by atoms with van der Waals surface area (Å²) in [7, 11) is 0. The van der Waals surface area contributed by atoms with Gasteiger partial charge < -0.3 is 29.2 Å². The van der Waals surface area contributed by atoms with E-state index in [4.69, 9.17) is 18.9 Å². The van der Waals surface area contributed by atoms with Crippen molar-refractivity contribution in [2.45, 2.75) is 143 Å². The fourth-order valence-electron chi connectivity index (χ4n) is 4.53. The summed E-state index contributed by atoms with van der Waals surface area (Å²) in [6.45, 7) is 9.95. The molecule has 226 valence electrons. The van der Waals surface area contributed by atoms with Gasteiger partial charge in [0.1, 0.15) is 0 Å². The van der Waals surface area contributed by atoms with Crippen LogP contribution in [0.1, 0.15) is 142 Å². The molecular weight excluding hydrogens is 496 g/mol. The molecular formula is C32H56O7.